The van der Waals surface area contributed by atoms with E-state index < -0.39 is 0 Å². The average molecular weight is 219 g/mol. The highest BCUT2D eigenvalue weighted by Crippen LogP contribution is 2.18. The second kappa shape index (κ2) is 5.35. The Morgan fingerprint density at radius 2 is 1.88 bits per heavy atom. The standard InChI is InChI=1S/C14H21NO/c1-12(2)13-4-6-14(7-5-13)16-11-10-15-8-3-9-15/h4-7,12H,3,8-11H2,1-2H3. The maximum absolute atomic E-state index is 5.71. The van der Waals surface area contributed by atoms with Crippen molar-refractivity contribution in [2.24, 2.45) is 0 Å². The molecule has 88 valence electrons. The number of likely N-dealkylation sites (tertiary alicyclic amines) is 1. The van der Waals surface area contributed by atoms with Crippen LogP contribution < -0.4 is 4.74 Å². The van der Waals surface area contributed by atoms with Gasteiger partial charge in [0.15, 0.2) is 0 Å². The van der Waals surface area contributed by atoms with E-state index in [4.69, 9.17) is 4.74 Å². The summed E-state index contributed by atoms with van der Waals surface area (Å²) in [7, 11) is 0. The minimum atomic E-state index is 0.593. The predicted octanol–water partition coefficient (Wildman–Crippen LogP) is 2.89. The van der Waals surface area contributed by atoms with Crippen molar-refractivity contribution in [2.75, 3.05) is 26.2 Å². The summed E-state index contributed by atoms with van der Waals surface area (Å²) >= 11 is 0. The van der Waals surface area contributed by atoms with Gasteiger partial charge in [0.1, 0.15) is 12.4 Å². The van der Waals surface area contributed by atoms with Crippen molar-refractivity contribution in [3.8, 4) is 5.75 Å². The van der Waals surface area contributed by atoms with E-state index in [-0.39, 0.29) is 0 Å². The van der Waals surface area contributed by atoms with Gasteiger partial charge in [0.05, 0.1) is 0 Å². The maximum Gasteiger partial charge on any atom is 0.119 e. The fraction of sp³-hybridized carbons (Fsp3) is 0.571. The number of hydrogen-bond acceptors (Lipinski definition) is 2. The number of rotatable bonds is 5. The van der Waals surface area contributed by atoms with Crippen LogP contribution in [0.5, 0.6) is 5.75 Å². The number of ether oxygens (including phenoxy) is 1. The number of hydrogen-bond donors (Lipinski definition) is 0. The molecule has 0 amide bonds. The first-order valence-electron chi connectivity index (χ1n) is 6.21. The molecule has 2 rings (SSSR count). The third kappa shape index (κ3) is 2.99. The van der Waals surface area contributed by atoms with Gasteiger partial charge in [0.25, 0.3) is 0 Å². The molecule has 1 fully saturated rings. The van der Waals surface area contributed by atoms with Crippen LogP contribution in [0.4, 0.5) is 0 Å². The fourth-order valence-electron chi connectivity index (χ4n) is 1.85. The van der Waals surface area contributed by atoms with Gasteiger partial charge < -0.3 is 4.74 Å². The van der Waals surface area contributed by atoms with Crippen molar-refractivity contribution < 1.29 is 4.74 Å². The molecule has 2 nitrogen and oxygen atoms in total. The molecule has 2 heteroatoms. The molecule has 1 heterocycles. The SMILES string of the molecule is CC(C)c1ccc(OCCN2CCC2)cc1. The Kier molecular flexibility index (Phi) is 3.83. The lowest BCUT2D eigenvalue weighted by Crippen LogP contribution is -2.39. The summed E-state index contributed by atoms with van der Waals surface area (Å²) < 4.78 is 5.71. The van der Waals surface area contributed by atoms with E-state index in [1.807, 2.05) is 0 Å². The van der Waals surface area contributed by atoms with Crippen LogP contribution in [0.3, 0.4) is 0 Å². The Bertz CT molecular complexity index is 314. The van der Waals surface area contributed by atoms with Crippen LogP contribution in [0.1, 0.15) is 31.7 Å². The zero-order valence-electron chi connectivity index (χ0n) is 10.3. The molecule has 0 aromatic heterocycles. The van der Waals surface area contributed by atoms with Crippen LogP contribution in [-0.2, 0) is 0 Å². The first kappa shape index (κ1) is 11.5. The van der Waals surface area contributed by atoms with Gasteiger partial charge in [0.2, 0.25) is 0 Å². The zero-order chi connectivity index (χ0) is 11.4. The Balaban J connectivity index is 1.75. The summed E-state index contributed by atoms with van der Waals surface area (Å²) in [5.41, 5.74) is 1.37. The van der Waals surface area contributed by atoms with E-state index in [0.717, 1.165) is 18.9 Å². The third-order valence-electron chi connectivity index (χ3n) is 3.17. The topological polar surface area (TPSA) is 12.5 Å². The van der Waals surface area contributed by atoms with Crippen LogP contribution >= 0.6 is 0 Å². The van der Waals surface area contributed by atoms with Crippen LogP contribution in [-0.4, -0.2) is 31.1 Å². The van der Waals surface area contributed by atoms with Gasteiger partial charge in [-0.2, -0.15) is 0 Å². The van der Waals surface area contributed by atoms with Crippen molar-refractivity contribution in [3.05, 3.63) is 29.8 Å². The molecule has 0 N–H and O–H groups in total. The lowest BCUT2D eigenvalue weighted by molar-refractivity contribution is 0.147. The predicted molar refractivity (Wildman–Crippen MR) is 67.1 cm³/mol. The van der Waals surface area contributed by atoms with Crippen LogP contribution in [0, 0.1) is 0 Å². The molecule has 0 aliphatic carbocycles. The van der Waals surface area contributed by atoms with Gasteiger partial charge in [-0.15, -0.1) is 0 Å². The quantitative estimate of drug-likeness (QED) is 0.755. The van der Waals surface area contributed by atoms with Crippen molar-refractivity contribution in [2.45, 2.75) is 26.2 Å². The fourth-order valence-corrected chi connectivity index (χ4v) is 1.85. The Morgan fingerprint density at radius 3 is 2.38 bits per heavy atom. The summed E-state index contributed by atoms with van der Waals surface area (Å²) in [6, 6.07) is 8.46. The summed E-state index contributed by atoms with van der Waals surface area (Å²) in [6.07, 6.45) is 1.35. The minimum absolute atomic E-state index is 0.593. The molecule has 0 bridgehead atoms. The van der Waals surface area contributed by atoms with Gasteiger partial charge in [0, 0.05) is 6.54 Å². The average Bonchev–Trinajstić information content (AvgIpc) is 2.22. The van der Waals surface area contributed by atoms with E-state index in [9.17, 15) is 0 Å². The smallest absolute Gasteiger partial charge is 0.119 e. The van der Waals surface area contributed by atoms with Gasteiger partial charge in [-0.1, -0.05) is 26.0 Å². The Morgan fingerprint density at radius 1 is 1.19 bits per heavy atom. The summed E-state index contributed by atoms with van der Waals surface area (Å²) in [4.78, 5) is 2.42. The highest BCUT2D eigenvalue weighted by atomic mass is 16.5. The van der Waals surface area contributed by atoms with Crippen LogP contribution in [0.25, 0.3) is 0 Å². The molecule has 0 unspecified atom stereocenters. The molecule has 1 aromatic carbocycles. The first-order chi connectivity index (χ1) is 7.75. The third-order valence-corrected chi connectivity index (χ3v) is 3.17. The highest BCUT2D eigenvalue weighted by Gasteiger charge is 2.12. The first-order valence-corrected chi connectivity index (χ1v) is 6.21. The van der Waals surface area contributed by atoms with E-state index >= 15 is 0 Å². The van der Waals surface area contributed by atoms with Crippen LogP contribution in [0.2, 0.25) is 0 Å². The number of benzene rings is 1. The largest absolute Gasteiger partial charge is 0.492 e. The molecule has 0 saturated carbocycles. The molecule has 1 aliphatic rings. The van der Waals surface area contributed by atoms with Crippen molar-refractivity contribution in [1.82, 2.24) is 4.90 Å². The minimum Gasteiger partial charge on any atom is -0.492 e. The monoisotopic (exact) mass is 219 g/mol. The molecular formula is C14H21NO. The Hall–Kier alpha value is -1.02. The van der Waals surface area contributed by atoms with Crippen molar-refractivity contribution >= 4 is 0 Å². The highest BCUT2D eigenvalue weighted by molar-refractivity contribution is 5.28. The normalized spacial score (nSPS) is 16.2. The molecule has 0 atom stereocenters. The maximum atomic E-state index is 5.71. The van der Waals surface area contributed by atoms with E-state index in [2.05, 4.69) is 43.0 Å². The summed E-state index contributed by atoms with van der Waals surface area (Å²) in [5, 5.41) is 0. The Labute approximate surface area is 98.2 Å². The number of nitrogens with zero attached hydrogens (tertiary/aromatic N) is 1. The molecular weight excluding hydrogens is 198 g/mol. The second-order valence-corrected chi connectivity index (χ2v) is 4.77. The van der Waals surface area contributed by atoms with Crippen LogP contribution in [0.15, 0.2) is 24.3 Å². The lowest BCUT2D eigenvalue weighted by atomic mass is 10.0. The van der Waals surface area contributed by atoms with Crippen molar-refractivity contribution in [3.63, 3.8) is 0 Å². The van der Waals surface area contributed by atoms with E-state index in [1.165, 1.54) is 25.1 Å². The van der Waals surface area contributed by atoms with E-state index in [1.54, 1.807) is 0 Å². The second-order valence-electron chi connectivity index (χ2n) is 4.77. The summed E-state index contributed by atoms with van der Waals surface area (Å²) in [6.45, 7) is 8.78. The van der Waals surface area contributed by atoms with E-state index in [0.29, 0.717) is 5.92 Å². The summed E-state index contributed by atoms with van der Waals surface area (Å²) in [5.74, 6) is 1.58. The molecule has 16 heavy (non-hydrogen) atoms. The molecule has 1 saturated heterocycles. The molecule has 0 radical (unpaired) electrons. The van der Waals surface area contributed by atoms with Gasteiger partial charge in [-0.3, -0.25) is 4.90 Å². The van der Waals surface area contributed by atoms with Gasteiger partial charge >= 0.3 is 0 Å². The van der Waals surface area contributed by atoms with Gasteiger partial charge in [-0.25, -0.2) is 0 Å². The molecule has 1 aromatic rings. The van der Waals surface area contributed by atoms with Gasteiger partial charge in [-0.05, 0) is 43.1 Å². The lowest BCUT2D eigenvalue weighted by Gasteiger charge is -2.30. The zero-order valence-corrected chi connectivity index (χ0v) is 10.3. The molecule has 0 spiro atoms. The molecule has 1 aliphatic heterocycles. The van der Waals surface area contributed by atoms with Crippen molar-refractivity contribution in [1.29, 1.82) is 0 Å².